The van der Waals surface area contributed by atoms with E-state index in [-0.39, 0.29) is 0 Å². The van der Waals surface area contributed by atoms with Gasteiger partial charge < -0.3 is 4.43 Å². The molecule has 0 N–H and O–H groups in total. The number of benzene rings is 1. The van der Waals surface area contributed by atoms with E-state index in [9.17, 15) is 0 Å². The van der Waals surface area contributed by atoms with Gasteiger partial charge in [-0.1, -0.05) is 76.4 Å². The Bertz CT molecular complexity index is 490. The predicted octanol–water partition coefficient (Wildman–Crippen LogP) is 7.06. The fraction of sp³-hybridized carbons (Fsp3) is 0.636. The Morgan fingerprint density at radius 1 is 1.04 bits per heavy atom. The van der Waals surface area contributed by atoms with E-state index in [1.807, 2.05) is 0 Å². The first kappa shape index (κ1) is 19.5. The van der Waals surface area contributed by atoms with Gasteiger partial charge in [-0.25, -0.2) is 0 Å². The van der Waals surface area contributed by atoms with E-state index in [0.717, 1.165) is 0 Å². The first-order valence-electron chi connectivity index (χ1n) is 10.1. The largest absolute Gasteiger partial charge is 0.410 e. The van der Waals surface area contributed by atoms with Gasteiger partial charge in [-0.2, -0.15) is 0 Å². The van der Waals surface area contributed by atoms with Gasteiger partial charge in [-0.05, 0) is 55.0 Å². The molecule has 0 spiro atoms. The fourth-order valence-electron chi connectivity index (χ4n) is 4.25. The van der Waals surface area contributed by atoms with Crippen molar-refractivity contribution in [2.75, 3.05) is 0 Å². The van der Waals surface area contributed by atoms with E-state index in [1.54, 1.807) is 0 Å². The van der Waals surface area contributed by atoms with Gasteiger partial charge in [-0.3, -0.25) is 0 Å². The first-order chi connectivity index (χ1) is 11.7. The Balaban J connectivity index is 2.34. The van der Waals surface area contributed by atoms with Crippen molar-refractivity contribution in [3.8, 4) is 0 Å². The molecule has 1 aliphatic rings. The highest BCUT2D eigenvalue weighted by atomic mass is 28.4. The lowest BCUT2D eigenvalue weighted by molar-refractivity contribution is 0.143. The molecule has 0 aromatic heterocycles. The molecule has 2 rings (SSSR count). The minimum Gasteiger partial charge on any atom is -0.410 e. The monoisotopic (exact) mass is 344 g/mol. The summed E-state index contributed by atoms with van der Waals surface area (Å²) in [5, 5.41) is 0. The molecule has 0 unspecified atom stereocenters. The molecule has 1 aliphatic carbocycles. The van der Waals surface area contributed by atoms with Gasteiger partial charge in [0.05, 0.1) is 6.10 Å². The second-order valence-electron chi connectivity index (χ2n) is 7.29. The maximum Gasteiger partial charge on any atom is 0.192 e. The summed E-state index contributed by atoms with van der Waals surface area (Å²) < 4.78 is 7.10. The number of hydrogen-bond acceptors (Lipinski definition) is 1. The molecule has 1 fully saturated rings. The lowest BCUT2D eigenvalue weighted by Crippen LogP contribution is -2.43. The van der Waals surface area contributed by atoms with Crippen molar-refractivity contribution in [3.05, 3.63) is 42.0 Å². The summed E-state index contributed by atoms with van der Waals surface area (Å²) in [6.07, 6.45) is 9.41. The molecule has 0 heterocycles. The summed E-state index contributed by atoms with van der Waals surface area (Å²) in [5.41, 5.74) is 2.77. The Morgan fingerprint density at radius 3 is 2.12 bits per heavy atom. The van der Waals surface area contributed by atoms with Gasteiger partial charge in [0, 0.05) is 0 Å². The SMILES string of the molecule is C/C=C(\c1ccccc1)[C@@H](O[Si](CC)(CC)CC)C1CCCCC1. The van der Waals surface area contributed by atoms with Crippen molar-refractivity contribution >= 4 is 13.9 Å². The molecule has 0 aliphatic heterocycles. The highest BCUT2D eigenvalue weighted by Gasteiger charge is 2.37. The van der Waals surface area contributed by atoms with Crippen LogP contribution in [0.4, 0.5) is 0 Å². The molecule has 1 aromatic carbocycles. The minimum atomic E-state index is -1.62. The molecule has 24 heavy (non-hydrogen) atoms. The lowest BCUT2D eigenvalue weighted by Gasteiger charge is -2.40. The second-order valence-corrected chi connectivity index (χ2v) is 12.0. The normalized spacial score (nSPS) is 18.6. The molecule has 1 saturated carbocycles. The van der Waals surface area contributed by atoms with Crippen LogP contribution in [0.5, 0.6) is 0 Å². The average Bonchev–Trinajstić information content (AvgIpc) is 2.67. The van der Waals surface area contributed by atoms with E-state index < -0.39 is 8.32 Å². The number of rotatable bonds is 8. The maximum atomic E-state index is 7.10. The Kier molecular flexibility index (Phi) is 7.77. The van der Waals surface area contributed by atoms with Gasteiger partial charge >= 0.3 is 0 Å². The summed E-state index contributed by atoms with van der Waals surface area (Å²) in [5.74, 6) is 0.696. The van der Waals surface area contributed by atoms with Crippen molar-refractivity contribution in [2.24, 2.45) is 5.92 Å². The van der Waals surface area contributed by atoms with Crippen molar-refractivity contribution in [2.45, 2.75) is 84.0 Å². The summed E-state index contributed by atoms with van der Waals surface area (Å²) in [7, 11) is -1.62. The van der Waals surface area contributed by atoms with Crippen LogP contribution in [0.3, 0.4) is 0 Å². The fourth-order valence-corrected chi connectivity index (χ4v) is 7.10. The molecule has 0 bridgehead atoms. The predicted molar refractivity (Wildman–Crippen MR) is 109 cm³/mol. The first-order valence-corrected chi connectivity index (χ1v) is 12.6. The maximum absolute atomic E-state index is 7.10. The molecule has 1 aromatic rings. The quantitative estimate of drug-likeness (QED) is 0.459. The van der Waals surface area contributed by atoms with Crippen LogP contribution in [0.25, 0.3) is 5.57 Å². The van der Waals surface area contributed by atoms with Gasteiger partial charge in [0.2, 0.25) is 0 Å². The molecular weight excluding hydrogens is 308 g/mol. The zero-order chi connectivity index (χ0) is 17.4. The Labute approximate surface area is 150 Å². The molecule has 1 nitrogen and oxygen atoms in total. The zero-order valence-electron chi connectivity index (χ0n) is 16.2. The van der Waals surface area contributed by atoms with Crippen molar-refractivity contribution in [1.29, 1.82) is 0 Å². The molecule has 0 radical (unpaired) electrons. The lowest BCUT2D eigenvalue weighted by atomic mass is 9.81. The number of allylic oxidation sites excluding steroid dienone is 1. The molecule has 0 saturated heterocycles. The third-order valence-electron chi connectivity index (χ3n) is 6.11. The van der Waals surface area contributed by atoms with Gasteiger partial charge in [0.15, 0.2) is 8.32 Å². The van der Waals surface area contributed by atoms with E-state index >= 15 is 0 Å². The van der Waals surface area contributed by atoms with Crippen molar-refractivity contribution < 1.29 is 4.43 Å². The van der Waals surface area contributed by atoms with Gasteiger partial charge in [0.1, 0.15) is 0 Å². The van der Waals surface area contributed by atoms with Crippen molar-refractivity contribution in [1.82, 2.24) is 0 Å². The van der Waals surface area contributed by atoms with Crippen LogP contribution < -0.4 is 0 Å². The van der Waals surface area contributed by atoms with E-state index in [2.05, 4.69) is 64.1 Å². The topological polar surface area (TPSA) is 9.23 Å². The van der Waals surface area contributed by atoms with E-state index in [1.165, 1.54) is 61.4 Å². The summed E-state index contributed by atoms with van der Waals surface area (Å²) in [6, 6.07) is 14.6. The standard InChI is InChI=1S/C22H36OSi/c1-5-21(19-15-11-9-12-16-19)22(20-17-13-10-14-18-20)23-24(6-2,7-3)8-4/h5,9,11-12,15-16,20,22H,6-8,10,13-14,17-18H2,1-4H3/b21-5+/t22-/m0/s1. The summed E-state index contributed by atoms with van der Waals surface area (Å²) in [4.78, 5) is 0. The third-order valence-corrected chi connectivity index (χ3v) is 10.7. The Morgan fingerprint density at radius 2 is 1.62 bits per heavy atom. The van der Waals surface area contributed by atoms with Crippen LogP contribution >= 0.6 is 0 Å². The average molecular weight is 345 g/mol. The minimum absolute atomic E-state index is 0.296. The summed E-state index contributed by atoms with van der Waals surface area (Å²) >= 11 is 0. The van der Waals surface area contributed by atoms with Crippen LogP contribution in [-0.2, 0) is 4.43 Å². The molecule has 134 valence electrons. The Hall–Kier alpha value is -0.863. The molecule has 0 amide bonds. The van der Waals surface area contributed by atoms with Crippen LogP contribution in [-0.4, -0.2) is 14.4 Å². The second kappa shape index (κ2) is 9.58. The van der Waals surface area contributed by atoms with Crippen LogP contribution in [0, 0.1) is 5.92 Å². The van der Waals surface area contributed by atoms with E-state index in [0.29, 0.717) is 12.0 Å². The summed E-state index contributed by atoms with van der Waals surface area (Å²) in [6.45, 7) is 9.22. The van der Waals surface area contributed by atoms with Gasteiger partial charge in [0.25, 0.3) is 0 Å². The van der Waals surface area contributed by atoms with Crippen LogP contribution in [0.15, 0.2) is 36.4 Å². The third kappa shape index (κ3) is 4.61. The highest BCUT2D eigenvalue weighted by Crippen LogP contribution is 2.38. The molecular formula is C22H36OSi. The molecule has 2 heteroatoms. The van der Waals surface area contributed by atoms with Crippen LogP contribution in [0.2, 0.25) is 18.1 Å². The highest BCUT2D eigenvalue weighted by molar-refractivity contribution is 6.73. The zero-order valence-corrected chi connectivity index (χ0v) is 17.2. The van der Waals surface area contributed by atoms with Crippen LogP contribution in [0.1, 0.15) is 65.4 Å². The smallest absolute Gasteiger partial charge is 0.192 e. The van der Waals surface area contributed by atoms with Gasteiger partial charge in [-0.15, -0.1) is 0 Å². The molecule has 1 atom stereocenters. The van der Waals surface area contributed by atoms with Crippen molar-refractivity contribution in [3.63, 3.8) is 0 Å². The number of hydrogen-bond donors (Lipinski definition) is 0. The van der Waals surface area contributed by atoms with E-state index in [4.69, 9.17) is 4.43 Å².